The number of ether oxygens (including phenoxy) is 1. The summed E-state index contributed by atoms with van der Waals surface area (Å²) in [5.41, 5.74) is 0.179. The van der Waals surface area contributed by atoms with E-state index in [1.165, 1.54) is 25.3 Å². The second kappa shape index (κ2) is 5.46. The number of methoxy groups -OCH3 is 1. The largest absolute Gasteiger partial charge is 0.468 e. The summed E-state index contributed by atoms with van der Waals surface area (Å²) >= 11 is 0. The van der Waals surface area contributed by atoms with Gasteiger partial charge in [-0.05, 0) is 12.1 Å². The number of nitro groups is 1. The van der Waals surface area contributed by atoms with Crippen LogP contribution in [0.2, 0.25) is 0 Å². The number of hydrogen-bond donors (Lipinski definition) is 1. The molecule has 0 aromatic heterocycles. The van der Waals surface area contributed by atoms with Gasteiger partial charge in [0.2, 0.25) is 0 Å². The van der Waals surface area contributed by atoms with Crippen LogP contribution in [0.4, 0.5) is 17.1 Å². The highest BCUT2D eigenvalue weighted by atomic mass is 16.6. The molecule has 0 aliphatic heterocycles. The van der Waals surface area contributed by atoms with Crippen LogP contribution in [0, 0.1) is 16.7 Å². The fourth-order valence-electron chi connectivity index (χ4n) is 1.13. The van der Waals surface area contributed by atoms with E-state index in [-0.39, 0.29) is 23.6 Å². The molecule has 0 heterocycles. The zero-order valence-corrected chi connectivity index (χ0v) is 8.97. The third-order valence-electron chi connectivity index (χ3n) is 1.96. The first-order valence-corrected chi connectivity index (χ1v) is 4.55. The molecule has 1 aromatic rings. The molecule has 0 unspecified atom stereocenters. The number of anilines is 1. The van der Waals surface area contributed by atoms with Gasteiger partial charge in [0.1, 0.15) is 12.2 Å². The Balaban J connectivity index is 2.98. The van der Waals surface area contributed by atoms with Gasteiger partial charge in [0, 0.05) is 6.07 Å². The first-order valence-electron chi connectivity index (χ1n) is 4.55. The summed E-state index contributed by atoms with van der Waals surface area (Å²) in [6.07, 6.45) is 0. The number of nitrogens with zero attached hydrogens (tertiary/aromatic N) is 2. The molecule has 1 rings (SSSR count). The normalized spacial score (nSPS) is 9.18. The van der Waals surface area contributed by atoms with Crippen LogP contribution >= 0.6 is 0 Å². The van der Waals surface area contributed by atoms with Crippen molar-refractivity contribution < 1.29 is 14.5 Å². The van der Waals surface area contributed by atoms with Crippen LogP contribution in [0.25, 0.3) is 4.85 Å². The topological polar surface area (TPSA) is 85.8 Å². The van der Waals surface area contributed by atoms with Gasteiger partial charge in [-0.1, -0.05) is 0 Å². The Morgan fingerprint density at radius 1 is 1.65 bits per heavy atom. The van der Waals surface area contributed by atoms with Crippen LogP contribution in [0.15, 0.2) is 18.2 Å². The number of carbonyl (C=O) groups is 1. The van der Waals surface area contributed by atoms with E-state index in [0.29, 0.717) is 0 Å². The van der Waals surface area contributed by atoms with Gasteiger partial charge in [0.05, 0.1) is 18.6 Å². The Morgan fingerprint density at radius 2 is 2.35 bits per heavy atom. The lowest BCUT2D eigenvalue weighted by Gasteiger charge is -2.06. The number of rotatable bonds is 4. The van der Waals surface area contributed by atoms with E-state index < -0.39 is 10.9 Å². The van der Waals surface area contributed by atoms with Gasteiger partial charge in [-0.25, -0.2) is 4.85 Å². The predicted octanol–water partition coefficient (Wildman–Crippen LogP) is 1.73. The van der Waals surface area contributed by atoms with Crippen LogP contribution in [0.5, 0.6) is 0 Å². The quantitative estimate of drug-likeness (QED) is 0.371. The highest BCUT2D eigenvalue weighted by Gasteiger charge is 2.14. The predicted molar refractivity (Wildman–Crippen MR) is 59.9 cm³/mol. The Morgan fingerprint density at radius 3 is 2.88 bits per heavy atom. The lowest BCUT2D eigenvalue weighted by molar-refractivity contribution is -0.383. The van der Waals surface area contributed by atoms with Crippen molar-refractivity contribution in [1.29, 1.82) is 0 Å². The van der Waals surface area contributed by atoms with Crippen LogP contribution in [0.1, 0.15) is 0 Å². The minimum absolute atomic E-state index is 0.119. The first kappa shape index (κ1) is 12.4. The van der Waals surface area contributed by atoms with Gasteiger partial charge in [-0.3, -0.25) is 14.9 Å². The van der Waals surface area contributed by atoms with Gasteiger partial charge in [-0.2, -0.15) is 0 Å². The Hall–Kier alpha value is -2.62. The molecule has 0 saturated heterocycles. The minimum atomic E-state index is -0.590. The molecule has 0 aliphatic carbocycles. The molecule has 0 saturated carbocycles. The fourth-order valence-corrected chi connectivity index (χ4v) is 1.13. The molecular weight excluding hydrogens is 226 g/mol. The molecule has 1 aromatic carbocycles. The van der Waals surface area contributed by atoms with E-state index in [0.717, 1.165) is 0 Å². The number of esters is 1. The number of nitro benzene ring substituents is 1. The van der Waals surface area contributed by atoms with Crippen molar-refractivity contribution in [2.24, 2.45) is 0 Å². The standard InChI is InChI=1S/C10H9N3O4/c1-11-7-3-4-9(13(15)16)8(5-7)12-6-10(14)17-2/h3-5,12H,6H2,2H3. The highest BCUT2D eigenvalue weighted by Crippen LogP contribution is 2.28. The molecule has 1 N–H and O–H groups in total. The molecule has 0 fully saturated rings. The average molecular weight is 235 g/mol. The van der Waals surface area contributed by atoms with E-state index in [1.54, 1.807) is 0 Å². The lowest BCUT2D eigenvalue weighted by Crippen LogP contribution is -2.15. The molecule has 0 aliphatic rings. The summed E-state index contributed by atoms with van der Waals surface area (Å²) < 4.78 is 4.40. The van der Waals surface area contributed by atoms with Crippen molar-refractivity contribution in [3.63, 3.8) is 0 Å². The monoisotopic (exact) mass is 235 g/mol. The van der Waals surface area contributed by atoms with Crippen LogP contribution in [-0.2, 0) is 9.53 Å². The smallest absolute Gasteiger partial charge is 0.325 e. The number of benzene rings is 1. The maximum atomic E-state index is 10.9. The summed E-state index contributed by atoms with van der Waals surface area (Å²) in [7, 11) is 1.22. The third kappa shape index (κ3) is 3.17. The average Bonchev–Trinajstić information content (AvgIpc) is 2.35. The molecular formula is C10H9N3O4. The summed E-state index contributed by atoms with van der Waals surface area (Å²) in [5.74, 6) is -0.549. The van der Waals surface area contributed by atoms with E-state index in [9.17, 15) is 14.9 Å². The number of hydrogen-bond acceptors (Lipinski definition) is 5. The number of carbonyl (C=O) groups excluding carboxylic acids is 1. The lowest BCUT2D eigenvalue weighted by atomic mass is 10.2. The van der Waals surface area contributed by atoms with Gasteiger partial charge >= 0.3 is 5.97 Å². The van der Waals surface area contributed by atoms with Crippen molar-refractivity contribution in [2.45, 2.75) is 0 Å². The van der Waals surface area contributed by atoms with Crippen molar-refractivity contribution in [2.75, 3.05) is 19.0 Å². The molecule has 0 spiro atoms. The second-order valence-electron chi connectivity index (χ2n) is 3.00. The van der Waals surface area contributed by atoms with Crippen molar-refractivity contribution in [3.8, 4) is 0 Å². The molecule has 7 heteroatoms. The van der Waals surface area contributed by atoms with Crippen molar-refractivity contribution in [3.05, 3.63) is 39.7 Å². The van der Waals surface area contributed by atoms with E-state index in [4.69, 9.17) is 6.57 Å². The second-order valence-corrected chi connectivity index (χ2v) is 3.00. The van der Waals surface area contributed by atoms with Crippen molar-refractivity contribution >= 4 is 23.0 Å². The van der Waals surface area contributed by atoms with Gasteiger partial charge < -0.3 is 10.1 Å². The molecule has 88 valence electrons. The molecule has 7 nitrogen and oxygen atoms in total. The zero-order chi connectivity index (χ0) is 12.8. The molecule has 0 atom stereocenters. The van der Waals surface area contributed by atoms with Crippen molar-refractivity contribution in [1.82, 2.24) is 0 Å². The third-order valence-corrected chi connectivity index (χ3v) is 1.96. The summed E-state index contributed by atoms with van der Waals surface area (Å²) in [6, 6.07) is 3.87. The molecule has 0 amide bonds. The maximum Gasteiger partial charge on any atom is 0.325 e. The summed E-state index contributed by atoms with van der Waals surface area (Å²) in [4.78, 5) is 24.2. The fraction of sp³-hybridized carbons (Fsp3) is 0.200. The van der Waals surface area contributed by atoms with Crippen LogP contribution in [-0.4, -0.2) is 24.5 Å². The zero-order valence-electron chi connectivity index (χ0n) is 8.97. The molecule has 0 radical (unpaired) electrons. The maximum absolute atomic E-state index is 10.9. The highest BCUT2D eigenvalue weighted by molar-refractivity contribution is 5.77. The van der Waals surface area contributed by atoms with E-state index in [2.05, 4.69) is 14.9 Å². The molecule has 17 heavy (non-hydrogen) atoms. The Bertz CT molecular complexity index is 493. The van der Waals surface area contributed by atoms with E-state index >= 15 is 0 Å². The summed E-state index contributed by atoms with van der Waals surface area (Å²) in [5, 5.41) is 13.3. The van der Waals surface area contributed by atoms with Gasteiger partial charge in [0.15, 0.2) is 5.69 Å². The number of nitrogens with one attached hydrogen (secondary N) is 1. The van der Waals surface area contributed by atoms with Gasteiger partial charge in [0.25, 0.3) is 5.69 Å². The Labute approximate surface area is 97.0 Å². The van der Waals surface area contributed by atoms with Crippen LogP contribution < -0.4 is 5.32 Å². The first-order chi connectivity index (χ1) is 8.08. The minimum Gasteiger partial charge on any atom is -0.468 e. The van der Waals surface area contributed by atoms with Gasteiger partial charge in [-0.15, -0.1) is 0 Å². The van der Waals surface area contributed by atoms with Crippen LogP contribution in [0.3, 0.4) is 0 Å². The summed E-state index contributed by atoms with van der Waals surface area (Å²) in [6.45, 7) is 6.61. The SMILES string of the molecule is [C-]#[N+]c1ccc([N+](=O)[O-])c(NCC(=O)OC)c1. The molecule has 0 bridgehead atoms. The Kier molecular flexibility index (Phi) is 4.00. The van der Waals surface area contributed by atoms with E-state index in [1.807, 2.05) is 0 Å².